The van der Waals surface area contributed by atoms with Crippen molar-refractivity contribution >= 4 is 17.0 Å². The van der Waals surface area contributed by atoms with Gasteiger partial charge in [0, 0.05) is 24.0 Å². The Labute approximate surface area is 108 Å². The Morgan fingerprint density at radius 3 is 2.74 bits per heavy atom. The monoisotopic (exact) mass is 254 g/mol. The van der Waals surface area contributed by atoms with E-state index in [1.807, 2.05) is 18.2 Å². The molecule has 0 aromatic carbocycles. The van der Waals surface area contributed by atoms with Crippen molar-refractivity contribution in [1.82, 2.24) is 19.9 Å². The summed E-state index contributed by atoms with van der Waals surface area (Å²) in [7, 11) is 0. The molecule has 3 aromatic heterocycles. The molecule has 0 aliphatic rings. The number of nitrogens with zero attached hydrogens (tertiary/aromatic N) is 3. The summed E-state index contributed by atoms with van der Waals surface area (Å²) in [6.45, 7) is 0. The van der Waals surface area contributed by atoms with Crippen LogP contribution in [0.3, 0.4) is 0 Å². The Morgan fingerprint density at radius 2 is 2.05 bits per heavy atom. The quantitative estimate of drug-likeness (QED) is 0.741. The fraction of sp³-hybridized carbons (Fsp3) is 0.0769. The van der Waals surface area contributed by atoms with Crippen LogP contribution in [-0.4, -0.2) is 31.0 Å². The second kappa shape index (κ2) is 4.49. The molecule has 2 N–H and O–H groups in total. The molecule has 0 atom stereocenters. The smallest absolute Gasteiger partial charge is 0.307 e. The number of H-pyrrole nitrogens is 1. The molecular weight excluding hydrogens is 244 g/mol. The minimum Gasteiger partial charge on any atom is -0.481 e. The first-order chi connectivity index (χ1) is 9.22. The van der Waals surface area contributed by atoms with Crippen molar-refractivity contribution in [3.8, 4) is 11.5 Å². The van der Waals surface area contributed by atoms with Gasteiger partial charge in [0.25, 0.3) is 0 Å². The number of carbonyl (C=O) groups is 1. The number of nitrogens with one attached hydrogen (secondary N) is 1. The molecule has 0 aliphatic carbocycles. The van der Waals surface area contributed by atoms with E-state index in [0.29, 0.717) is 11.4 Å². The van der Waals surface area contributed by atoms with Crippen molar-refractivity contribution in [1.29, 1.82) is 0 Å². The van der Waals surface area contributed by atoms with Crippen LogP contribution < -0.4 is 0 Å². The molecule has 0 saturated carbocycles. The van der Waals surface area contributed by atoms with Gasteiger partial charge in [0.05, 0.1) is 12.1 Å². The molecule has 19 heavy (non-hydrogen) atoms. The maximum Gasteiger partial charge on any atom is 0.307 e. The second-order valence-corrected chi connectivity index (χ2v) is 4.11. The fourth-order valence-corrected chi connectivity index (χ4v) is 1.84. The normalized spacial score (nSPS) is 10.7. The lowest BCUT2D eigenvalue weighted by Crippen LogP contribution is -2.01. The van der Waals surface area contributed by atoms with Crippen molar-refractivity contribution in [3.63, 3.8) is 0 Å². The van der Waals surface area contributed by atoms with E-state index in [1.165, 1.54) is 12.4 Å². The maximum absolute atomic E-state index is 10.6. The number of hydrogen-bond acceptors (Lipinski definition) is 4. The van der Waals surface area contributed by atoms with Crippen LogP contribution in [0.2, 0.25) is 0 Å². The third-order valence-corrected chi connectivity index (χ3v) is 2.69. The van der Waals surface area contributed by atoms with E-state index in [0.717, 1.165) is 16.7 Å². The lowest BCUT2D eigenvalue weighted by molar-refractivity contribution is -0.136. The topological polar surface area (TPSA) is 91.8 Å². The molecule has 3 heterocycles. The van der Waals surface area contributed by atoms with Gasteiger partial charge in [-0.2, -0.15) is 0 Å². The van der Waals surface area contributed by atoms with Crippen LogP contribution in [0.4, 0.5) is 0 Å². The Bertz CT molecular complexity index is 701. The van der Waals surface area contributed by atoms with Crippen LogP contribution in [0.5, 0.6) is 0 Å². The Balaban J connectivity index is 1.95. The van der Waals surface area contributed by atoms with Crippen molar-refractivity contribution in [3.05, 3.63) is 42.4 Å². The third kappa shape index (κ3) is 2.28. The summed E-state index contributed by atoms with van der Waals surface area (Å²) in [5.74, 6) is -0.377. The standard InChI is InChI=1S/C13H10N4O2/c18-11(19)4-8-6-15-13(16-7-8)10-5-9-2-1-3-14-12(9)17-10/h1-3,5-7H,4H2,(H,14,17)(H,18,19). The van der Waals surface area contributed by atoms with Crippen LogP contribution >= 0.6 is 0 Å². The lowest BCUT2D eigenvalue weighted by atomic mass is 10.2. The zero-order valence-corrected chi connectivity index (χ0v) is 9.87. The minimum atomic E-state index is -0.897. The number of carboxylic acids is 1. The van der Waals surface area contributed by atoms with Crippen molar-refractivity contribution in [2.24, 2.45) is 0 Å². The second-order valence-electron chi connectivity index (χ2n) is 4.11. The third-order valence-electron chi connectivity index (χ3n) is 2.69. The number of pyridine rings is 1. The summed E-state index contributed by atoms with van der Waals surface area (Å²) in [6.07, 6.45) is 4.68. The number of hydrogen-bond donors (Lipinski definition) is 2. The number of rotatable bonds is 3. The number of fused-ring (bicyclic) bond motifs is 1. The van der Waals surface area contributed by atoms with Gasteiger partial charge in [0.15, 0.2) is 5.82 Å². The molecule has 3 aromatic rings. The fourth-order valence-electron chi connectivity index (χ4n) is 1.84. The van der Waals surface area contributed by atoms with E-state index in [-0.39, 0.29) is 6.42 Å². The zero-order chi connectivity index (χ0) is 13.2. The highest BCUT2D eigenvalue weighted by atomic mass is 16.4. The van der Waals surface area contributed by atoms with Gasteiger partial charge in [-0.1, -0.05) is 0 Å². The maximum atomic E-state index is 10.6. The van der Waals surface area contributed by atoms with Crippen molar-refractivity contribution in [2.45, 2.75) is 6.42 Å². The minimum absolute atomic E-state index is 0.0749. The van der Waals surface area contributed by atoms with Crippen LogP contribution in [0.25, 0.3) is 22.6 Å². The Morgan fingerprint density at radius 1 is 1.26 bits per heavy atom. The molecule has 0 aliphatic heterocycles. The number of carboxylic acid groups (broad SMARTS) is 1. The highest BCUT2D eigenvalue weighted by Crippen LogP contribution is 2.19. The molecule has 0 radical (unpaired) electrons. The Hall–Kier alpha value is -2.76. The molecule has 94 valence electrons. The number of aromatic amines is 1. The summed E-state index contributed by atoms with van der Waals surface area (Å²) >= 11 is 0. The molecule has 0 bridgehead atoms. The highest BCUT2D eigenvalue weighted by Gasteiger charge is 2.07. The molecule has 0 amide bonds. The molecule has 0 unspecified atom stereocenters. The summed E-state index contributed by atoms with van der Waals surface area (Å²) in [4.78, 5) is 26.2. The van der Waals surface area contributed by atoms with Gasteiger partial charge in [-0.3, -0.25) is 4.79 Å². The van der Waals surface area contributed by atoms with Crippen LogP contribution in [-0.2, 0) is 11.2 Å². The predicted molar refractivity (Wildman–Crippen MR) is 68.5 cm³/mol. The lowest BCUT2D eigenvalue weighted by Gasteiger charge is -1.98. The van der Waals surface area contributed by atoms with E-state index in [1.54, 1.807) is 6.20 Å². The number of aliphatic carboxylic acids is 1. The van der Waals surface area contributed by atoms with Crippen LogP contribution in [0, 0.1) is 0 Å². The molecule has 0 saturated heterocycles. The summed E-state index contributed by atoms with van der Waals surface area (Å²) < 4.78 is 0. The highest BCUT2D eigenvalue weighted by molar-refractivity contribution is 5.81. The van der Waals surface area contributed by atoms with Gasteiger partial charge in [-0.25, -0.2) is 15.0 Å². The van der Waals surface area contributed by atoms with Crippen LogP contribution in [0.1, 0.15) is 5.56 Å². The molecule has 6 heteroatoms. The average molecular weight is 254 g/mol. The molecule has 3 rings (SSSR count). The number of aromatic nitrogens is 4. The van der Waals surface area contributed by atoms with E-state index in [4.69, 9.17) is 5.11 Å². The SMILES string of the molecule is O=C(O)Cc1cnc(-c2cc3cccnc3[nH]2)nc1. The van der Waals surface area contributed by atoms with E-state index in [2.05, 4.69) is 19.9 Å². The molecular formula is C13H10N4O2. The van der Waals surface area contributed by atoms with E-state index < -0.39 is 5.97 Å². The van der Waals surface area contributed by atoms with E-state index in [9.17, 15) is 4.79 Å². The van der Waals surface area contributed by atoms with E-state index >= 15 is 0 Å². The zero-order valence-electron chi connectivity index (χ0n) is 9.87. The first-order valence-electron chi connectivity index (χ1n) is 5.69. The molecule has 6 nitrogen and oxygen atoms in total. The molecule has 0 spiro atoms. The van der Waals surface area contributed by atoms with Gasteiger partial charge >= 0.3 is 5.97 Å². The molecule has 0 fully saturated rings. The van der Waals surface area contributed by atoms with Crippen molar-refractivity contribution in [2.75, 3.05) is 0 Å². The summed E-state index contributed by atoms with van der Waals surface area (Å²) in [5, 5.41) is 9.66. The summed E-state index contributed by atoms with van der Waals surface area (Å²) in [5.41, 5.74) is 2.11. The Kier molecular flexibility index (Phi) is 2.68. The van der Waals surface area contributed by atoms with Crippen LogP contribution in [0.15, 0.2) is 36.8 Å². The first-order valence-corrected chi connectivity index (χ1v) is 5.69. The average Bonchev–Trinajstić information content (AvgIpc) is 2.82. The first kappa shape index (κ1) is 11.3. The largest absolute Gasteiger partial charge is 0.481 e. The van der Waals surface area contributed by atoms with Gasteiger partial charge in [0.1, 0.15) is 5.65 Å². The predicted octanol–water partition coefficient (Wildman–Crippen LogP) is 1.65. The van der Waals surface area contributed by atoms with Gasteiger partial charge < -0.3 is 10.1 Å². The van der Waals surface area contributed by atoms with Crippen molar-refractivity contribution < 1.29 is 9.90 Å². The van der Waals surface area contributed by atoms with Gasteiger partial charge in [-0.15, -0.1) is 0 Å². The van der Waals surface area contributed by atoms with Gasteiger partial charge in [-0.05, 0) is 23.8 Å². The summed E-state index contributed by atoms with van der Waals surface area (Å²) in [6, 6.07) is 5.71. The van der Waals surface area contributed by atoms with Gasteiger partial charge in [0.2, 0.25) is 0 Å².